The van der Waals surface area contributed by atoms with Gasteiger partial charge in [-0.15, -0.1) is 0 Å². The standard InChI is InChI=1S/C32H30ClFN4O5/c33-26-11-23(8-9-29(26)42-17-19-4-3-7-22(34)10-19)37-31-21(14-35)15-36-27-13-30(43-18-24(40)16-39)28(12-25(27)31)38-32(41)20-5-1-2-6-20/h3-4,7-13,15,20,24,39-40H,1-2,5-6,16-18H2,(H,36,37)(H,38,41)/t24-/m0/s1. The Morgan fingerprint density at radius 2 is 1.95 bits per heavy atom. The van der Waals surface area contributed by atoms with E-state index in [1.54, 1.807) is 42.5 Å². The van der Waals surface area contributed by atoms with Crippen molar-refractivity contribution in [3.05, 3.63) is 82.8 Å². The van der Waals surface area contributed by atoms with E-state index >= 15 is 0 Å². The van der Waals surface area contributed by atoms with Crippen LogP contribution in [-0.2, 0) is 11.4 Å². The van der Waals surface area contributed by atoms with E-state index in [-0.39, 0.29) is 42.2 Å². The van der Waals surface area contributed by atoms with Crippen LogP contribution in [0.1, 0.15) is 36.8 Å². The van der Waals surface area contributed by atoms with Gasteiger partial charge in [0.15, 0.2) is 0 Å². The third kappa shape index (κ3) is 7.32. The molecule has 0 unspecified atom stereocenters. The van der Waals surface area contributed by atoms with Crippen molar-refractivity contribution in [1.82, 2.24) is 4.98 Å². The first-order valence-electron chi connectivity index (χ1n) is 13.9. The number of anilines is 3. The molecule has 1 fully saturated rings. The highest BCUT2D eigenvalue weighted by Crippen LogP contribution is 2.38. The zero-order chi connectivity index (χ0) is 30.3. The van der Waals surface area contributed by atoms with Crippen LogP contribution in [0.5, 0.6) is 11.5 Å². The van der Waals surface area contributed by atoms with Crippen molar-refractivity contribution in [3.63, 3.8) is 0 Å². The number of aromatic nitrogens is 1. The fourth-order valence-electron chi connectivity index (χ4n) is 4.95. The van der Waals surface area contributed by atoms with E-state index in [9.17, 15) is 24.7 Å². The number of pyridine rings is 1. The van der Waals surface area contributed by atoms with Gasteiger partial charge in [0.2, 0.25) is 5.91 Å². The summed E-state index contributed by atoms with van der Waals surface area (Å²) in [7, 11) is 0. The minimum Gasteiger partial charge on any atom is -0.489 e. The van der Waals surface area contributed by atoms with Gasteiger partial charge in [-0.05, 0) is 54.8 Å². The number of fused-ring (bicyclic) bond motifs is 1. The Balaban J connectivity index is 1.45. The minimum atomic E-state index is -1.11. The molecule has 0 saturated heterocycles. The Hall–Kier alpha value is -4.43. The van der Waals surface area contributed by atoms with Gasteiger partial charge in [-0.2, -0.15) is 5.26 Å². The normalized spacial score (nSPS) is 13.8. The predicted molar refractivity (Wildman–Crippen MR) is 161 cm³/mol. The Labute approximate surface area is 252 Å². The number of amides is 1. The van der Waals surface area contributed by atoms with Crippen molar-refractivity contribution in [3.8, 4) is 17.6 Å². The van der Waals surface area contributed by atoms with Crippen LogP contribution in [0.4, 0.5) is 21.5 Å². The van der Waals surface area contributed by atoms with Gasteiger partial charge in [-0.3, -0.25) is 9.78 Å². The maximum absolute atomic E-state index is 13.5. The number of nitriles is 1. The topological polar surface area (TPSA) is 137 Å². The fraction of sp³-hybridized carbons (Fsp3) is 0.281. The van der Waals surface area contributed by atoms with Crippen LogP contribution >= 0.6 is 11.6 Å². The largest absolute Gasteiger partial charge is 0.489 e. The van der Waals surface area contributed by atoms with Crippen LogP contribution in [0.2, 0.25) is 5.02 Å². The van der Waals surface area contributed by atoms with E-state index in [0.717, 1.165) is 25.7 Å². The molecule has 1 amide bonds. The molecular formula is C32H30ClFN4O5. The maximum Gasteiger partial charge on any atom is 0.227 e. The molecule has 4 N–H and O–H groups in total. The molecule has 3 aromatic carbocycles. The van der Waals surface area contributed by atoms with Crippen molar-refractivity contribution in [1.29, 1.82) is 5.26 Å². The molecular weight excluding hydrogens is 575 g/mol. The predicted octanol–water partition coefficient (Wildman–Crippen LogP) is 6.08. The highest BCUT2D eigenvalue weighted by Gasteiger charge is 2.24. The fourth-order valence-corrected chi connectivity index (χ4v) is 5.18. The number of aliphatic hydroxyl groups excluding tert-OH is 2. The minimum absolute atomic E-state index is 0.114. The Morgan fingerprint density at radius 3 is 2.67 bits per heavy atom. The molecule has 4 aromatic rings. The molecule has 43 heavy (non-hydrogen) atoms. The first-order valence-corrected chi connectivity index (χ1v) is 14.3. The van der Waals surface area contributed by atoms with Gasteiger partial charge in [-0.1, -0.05) is 36.6 Å². The lowest BCUT2D eigenvalue weighted by atomic mass is 10.1. The first kappa shape index (κ1) is 30.0. The quantitative estimate of drug-likeness (QED) is 0.162. The molecule has 1 aromatic heterocycles. The molecule has 1 atom stereocenters. The van der Waals surface area contributed by atoms with Crippen molar-refractivity contribution in [2.45, 2.75) is 38.4 Å². The number of nitrogens with zero attached hydrogens (tertiary/aromatic N) is 2. The first-order chi connectivity index (χ1) is 20.8. The van der Waals surface area contributed by atoms with Crippen LogP contribution in [0.15, 0.2) is 60.8 Å². The summed E-state index contributed by atoms with van der Waals surface area (Å²) >= 11 is 6.50. The second-order valence-electron chi connectivity index (χ2n) is 10.3. The monoisotopic (exact) mass is 604 g/mol. The highest BCUT2D eigenvalue weighted by atomic mass is 35.5. The van der Waals surface area contributed by atoms with E-state index in [2.05, 4.69) is 21.7 Å². The molecule has 9 nitrogen and oxygen atoms in total. The molecule has 222 valence electrons. The number of halogens is 2. The molecule has 0 aliphatic heterocycles. The number of carbonyl (C=O) groups is 1. The van der Waals surface area contributed by atoms with Crippen LogP contribution in [0.3, 0.4) is 0 Å². The maximum atomic E-state index is 13.5. The Kier molecular flexibility index (Phi) is 9.57. The number of hydrogen-bond donors (Lipinski definition) is 4. The number of rotatable bonds is 11. The zero-order valence-corrected chi connectivity index (χ0v) is 23.9. The smallest absolute Gasteiger partial charge is 0.227 e. The summed E-state index contributed by atoms with van der Waals surface area (Å²) in [5, 5.41) is 36.0. The number of carbonyl (C=O) groups excluding carboxylic acids is 1. The summed E-state index contributed by atoms with van der Waals surface area (Å²) in [6.07, 6.45) is 3.89. The molecule has 1 saturated carbocycles. The van der Waals surface area contributed by atoms with Gasteiger partial charge in [-0.25, -0.2) is 4.39 Å². The summed E-state index contributed by atoms with van der Waals surface area (Å²) in [5.74, 6) is 0.0745. The lowest BCUT2D eigenvalue weighted by Crippen LogP contribution is -2.23. The van der Waals surface area contributed by atoms with E-state index in [0.29, 0.717) is 44.3 Å². The van der Waals surface area contributed by atoms with Crippen LogP contribution in [0, 0.1) is 23.1 Å². The van der Waals surface area contributed by atoms with Gasteiger partial charge in [0.25, 0.3) is 0 Å². The van der Waals surface area contributed by atoms with E-state index in [1.165, 1.54) is 18.3 Å². The SMILES string of the molecule is N#Cc1cnc2cc(OC[C@@H](O)CO)c(NC(=O)C3CCCC3)cc2c1Nc1ccc(OCc2cccc(F)c2)c(Cl)c1. The number of hydrogen-bond acceptors (Lipinski definition) is 8. The average molecular weight is 605 g/mol. The summed E-state index contributed by atoms with van der Waals surface area (Å²) in [5.41, 5.74) is 2.74. The third-order valence-corrected chi connectivity index (χ3v) is 7.50. The van der Waals surface area contributed by atoms with Gasteiger partial charge in [0.1, 0.15) is 42.7 Å². The van der Waals surface area contributed by atoms with Crippen molar-refractivity contribution in [2.24, 2.45) is 5.92 Å². The summed E-state index contributed by atoms with van der Waals surface area (Å²) < 4.78 is 25.0. The Bertz CT molecular complexity index is 1670. The molecule has 1 aliphatic carbocycles. The molecule has 5 rings (SSSR count). The second-order valence-corrected chi connectivity index (χ2v) is 10.7. The van der Waals surface area contributed by atoms with Crippen molar-refractivity contribution < 1.29 is 28.9 Å². The van der Waals surface area contributed by atoms with Gasteiger partial charge >= 0.3 is 0 Å². The van der Waals surface area contributed by atoms with Gasteiger partial charge in [0.05, 0.1) is 34.1 Å². The number of aliphatic hydroxyl groups is 2. The second kappa shape index (κ2) is 13.7. The molecule has 0 spiro atoms. The Morgan fingerprint density at radius 1 is 1.14 bits per heavy atom. The molecule has 1 aliphatic rings. The number of nitrogens with one attached hydrogen (secondary N) is 2. The van der Waals surface area contributed by atoms with Gasteiger partial charge in [0, 0.05) is 29.3 Å². The van der Waals surface area contributed by atoms with Crippen LogP contribution in [0.25, 0.3) is 10.9 Å². The number of benzene rings is 3. The summed E-state index contributed by atoms with van der Waals surface area (Å²) in [6.45, 7) is -0.541. The summed E-state index contributed by atoms with van der Waals surface area (Å²) in [6, 6.07) is 16.6. The van der Waals surface area contributed by atoms with Crippen molar-refractivity contribution in [2.75, 3.05) is 23.8 Å². The van der Waals surface area contributed by atoms with Crippen LogP contribution in [-0.4, -0.2) is 40.4 Å². The van der Waals surface area contributed by atoms with Gasteiger partial charge < -0.3 is 30.3 Å². The summed E-state index contributed by atoms with van der Waals surface area (Å²) in [4.78, 5) is 17.5. The van der Waals surface area contributed by atoms with E-state index < -0.39 is 12.7 Å². The number of ether oxygens (including phenoxy) is 2. The highest BCUT2D eigenvalue weighted by molar-refractivity contribution is 6.32. The molecule has 1 heterocycles. The third-order valence-electron chi connectivity index (χ3n) is 7.20. The lowest BCUT2D eigenvalue weighted by Gasteiger charge is -2.19. The van der Waals surface area contributed by atoms with E-state index in [4.69, 9.17) is 21.1 Å². The zero-order valence-electron chi connectivity index (χ0n) is 23.1. The molecule has 11 heteroatoms. The average Bonchev–Trinajstić information content (AvgIpc) is 3.55. The van der Waals surface area contributed by atoms with Crippen LogP contribution < -0.4 is 20.1 Å². The van der Waals surface area contributed by atoms with E-state index in [1.807, 2.05) is 0 Å². The molecule has 0 radical (unpaired) electrons. The molecule has 0 bridgehead atoms. The lowest BCUT2D eigenvalue weighted by molar-refractivity contribution is -0.119. The van der Waals surface area contributed by atoms with Crippen molar-refractivity contribution >= 4 is 45.5 Å².